The average Bonchev–Trinajstić information content (AvgIpc) is 2.24. The molecule has 0 saturated carbocycles. The number of nitrogens with zero attached hydrogens (tertiary/aromatic N) is 1. The highest BCUT2D eigenvalue weighted by atomic mass is 32.2. The monoisotopic (exact) mass is 290 g/mol. The minimum Gasteiger partial charge on any atom is -0.311 e. The quantitative estimate of drug-likeness (QED) is 0.803. The normalized spacial score (nSPS) is 26.3. The molecule has 0 radical (unpaired) electrons. The van der Waals surface area contributed by atoms with Crippen LogP contribution in [0.1, 0.15) is 34.1 Å². The predicted octanol–water partition coefficient (Wildman–Crippen LogP) is 1.38. The topological polar surface area (TPSA) is 49.4 Å². The van der Waals surface area contributed by atoms with Crippen LogP contribution in [0.25, 0.3) is 0 Å². The molecule has 1 fully saturated rings. The molecule has 0 aromatic carbocycles. The van der Waals surface area contributed by atoms with Crippen molar-refractivity contribution >= 4 is 9.84 Å². The van der Waals surface area contributed by atoms with E-state index in [0.717, 1.165) is 19.5 Å². The number of sulfone groups is 1. The molecule has 1 heterocycles. The Morgan fingerprint density at radius 3 is 2.37 bits per heavy atom. The van der Waals surface area contributed by atoms with Crippen molar-refractivity contribution < 1.29 is 8.42 Å². The molecule has 19 heavy (non-hydrogen) atoms. The maximum Gasteiger partial charge on any atom is 0.148 e. The molecule has 0 aromatic heterocycles. The summed E-state index contributed by atoms with van der Waals surface area (Å²) in [5.41, 5.74) is 0. The van der Waals surface area contributed by atoms with Crippen molar-refractivity contribution in [3.05, 3.63) is 0 Å². The van der Waals surface area contributed by atoms with Gasteiger partial charge in [0.1, 0.15) is 9.84 Å². The fourth-order valence-corrected chi connectivity index (χ4v) is 3.39. The smallest absolute Gasteiger partial charge is 0.148 e. The Labute approximate surface area is 118 Å². The lowest BCUT2D eigenvalue weighted by molar-refractivity contribution is 0.0986. The third-order valence-corrected chi connectivity index (χ3v) is 4.74. The molecule has 1 aliphatic heterocycles. The van der Waals surface area contributed by atoms with Gasteiger partial charge >= 0.3 is 0 Å². The van der Waals surface area contributed by atoms with Gasteiger partial charge in [-0.25, -0.2) is 8.42 Å². The van der Waals surface area contributed by atoms with Crippen LogP contribution in [-0.2, 0) is 9.84 Å². The van der Waals surface area contributed by atoms with E-state index in [4.69, 9.17) is 0 Å². The first-order chi connectivity index (χ1) is 8.69. The van der Waals surface area contributed by atoms with Gasteiger partial charge in [0, 0.05) is 38.0 Å². The van der Waals surface area contributed by atoms with Gasteiger partial charge in [-0.3, -0.25) is 4.90 Å². The molecule has 114 valence electrons. The first-order valence-electron chi connectivity index (χ1n) is 7.34. The van der Waals surface area contributed by atoms with Crippen molar-refractivity contribution in [3.63, 3.8) is 0 Å². The summed E-state index contributed by atoms with van der Waals surface area (Å²) in [4.78, 5) is 2.37. The Morgan fingerprint density at radius 1 is 1.26 bits per heavy atom. The van der Waals surface area contributed by atoms with Crippen molar-refractivity contribution in [2.24, 2.45) is 11.8 Å². The molecular formula is C14H30N2O2S. The summed E-state index contributed by atoms with van der Waals surface area (Å²) in [5, 5.41) is 3.62. The number of piperazine rings is 1. The zero-order valence-corrected chi connectivity index (χ0v) is 13.8. The fraction of sp³-hybridized carbons (Fsp3) is 1.00. The maximum atomic E-state index is 11.4. The molecule has 1 aliphatic rings. The fourth-order valence-electron chi connectivity index (χ4n) is 2.82. The van der Waals surface area contributed by atoms with E-state index in [0.29, 0.717) is 30.5 Å². The van der Waals surface area contributed by atoms with E-state index in [1.165, 1.54) is 6.26 Å². The van der Waals surface area contributed by atoms with Gasteiger partial charge in [0.2, 0.25) is 0 Å². The van der Waals surface area contributed by atoms with Crippen LogP contribution in [0, 0.1) is 11.8 Å². The van der Waals surface area contributed by atoms with Crippen LogP contribution in [0.2, 0.25) is 0 Å². The van der Waals surface area contributed by atoms with Crippen molar-refractivity contribution in [2.45, 2.75) is 46.2 Å². The Bertz CT molecular complexity index is 366. The van der Waals surface area contributed by atoms with Gasteiger partial charge in [0.15, 0.2) is 0 Å². The molecule has 1 rings (SSSR count). The van der Waals surface area contributed by atoms with E-state index in [-0.39, 0.29) is 5.75 Å². The number of hydrogen-bond acceptors (Lipinski definition) is 4. The Balaban J connectivity index is 2.62. The van der Waals surface area contributed by atoms with E-state index >= 15 is 0 Å². The lowest BCUT2D eigenvalue weighted by Crippen LogP contribution is -2.59. The summed E-state index contributed by atoms with van der Waals surface area (Å²) in [6.45, 7) is 11.5. The van der Waals surface area contributed by atoms with Crippen molar-refractivity contribution in [2.75, 3.05) is 31.6 Å². The van der Waals surface area contributed by atoms with Crippen molar-refractivity contribution in [1.29, 1.82) is 0 Å². The van der Waals surface area contributed by atoms with E-state index in [9.17, 15) is 8.42 Å². The molecule has 0 aromatic rings. The molecule has 2 unspecified atom stereocenters. The highest BCUT2D eigenvalue weighted by molar-refractivity contribution is 7.90. The summed E-state index contributed by atoms with van der Waals surface area (Å²) in [6, 6.07) is 0.944. The SMILES string of the molecule is CC(C)CC1CN(CCS(C)(=O)=O)C(C(C)C)CN1. The van der Waals surface area contributed by atoms with Gasteiger partial charge in [0.05, 0.1) is 5.75 Å². The zero-order valence-electron chi connectivity index (χ0n) is 13.0. The predicted molar refractivity (Wildman–Crippen MR) is 81.2 cm³/mol. The molecule has 0 aliphatic carbocycles. The second kappa shape index (κ2) is 7.04. The Kier molecular flexibility index (Phi) is 6.27. The standard InChI is InChI=1S/C14H30N2O2S/c1-11(2)8-13-10-16(6-7-19(5,17)18)14(9-15-13)12(3)4/h11-15H,6-10H2,1-5H3. The molecular weight excluding hydrogens is 260 g/mol. The van der Waals surface area contributed by atoms with E-state index in [1.807, 2.05) is 0 Å². The van der Waals surface area contributed by atoms with Crippen LogP contribution >= 0.6 is 0 Å². The first-order valence-corrected chi connectivity index (χ1v) is 9.40. The molecule has 4 nitrogen and oxygen atoms in total. The third kappa shape index (κ3) is 6.23. The molecule has 1 saturated heterocycles. The molecule has 2 atom stereocenters. The lowest BCUT2D eigenvalue weighted by atomic mass is 9.95. The van der Waals surface area contributed by atoms with Crippen LogP contribution in [0.3, 0.4) is 0 Å². The maximum absolute atomic E-state index is 11.4. The zero-order chi connectivity index (χ0) is 14.6. The van der Waals surface area contributed by atoms with Gasteiger partial charge in [0.25, 0.3) is 0 Å². The van der Waals surface area contributed by atoms with Gasteiger partial charge in [-0.2, -0.15) is 0 Å². The van der Waals surface area contributed by atoms with Crippen LogP contribution in [0.4, 0.5) is 0 Å². The highest BCUT2D eigenvalue weighted by Crippen LogP contribution is 2.18. The van der Waals surface area contributed by atoms with Gasteiger partial charge in [-0.15, -0.1) is 0 Å². The highest BCUT2D eigenvalue weighted by Gasteiger charge is 2.30. The molecule has 1 N–H and O–H groups in total. The summed E-state index contributed by atoms with van der Waals surface area (Å²) in [6.07, 6.45) is 2.48. The van der Waals surface area contributed by atoms with Crippen LogP contribution < -0.4 is 5.32 Å². The molecule has 0 amide bonds. The van der Waals surface area contributed by atoms with Crippen molar-refractivity contribution in [3.8, 4) is 0 Å². The number of hydrogen-bond donors (Lipinski definition) is 1. The van der Waals surface area contributed by atoms with E-state index < -0.39 is 9.84 Å². The van der Waals surface area contributed by atoms with Gasteiger partial charge in [-0.05, 0) is 18.3 Å². The minimum absolute atomic E-state index is 0.268. The van der Waals surface area contributed by atoms with Crippen LogP contribution in [0.5, 0.6) is 0 Å². The summed E-state index contributed by atoms with van der Waals surface area (Å²) in [5.74, 6) is 1.49. The molecule has 5 heteroatoms. The van der Waals surface area contributed by atoms with Crippen LogP contribution in [-0.4, -0.2) is 57.0 Å². The van der Waals surface area contributed by atoms with Crippen molar-refractivity contribution in [1.82, 2.24) is 10.2 Å². The Hall–Kier alpha value is -0.130. The van der Waals surface area contributed by atoms with Gasteiger partial charge in [-0.1, -0.05) is 27.7 Å². The number of nitrogens with one attached hydrogen (secondary N) is 1. The second-order valence-electron chi connectivity index (χ2n) is 6.67. The lowest BCUT2D eigenvalue weighted by Gasteiger charge is -2.42. The molecule has 0 spiro atoms. The van der Waals surface area contributed by atoms with E-state index in [1.54, 1.807) is 0 Å². The summed E-state index contributed by atoms with van der Waals surface area (Å²) in [7, 11) is -2.88. The molecule has 0 bridgehead atoms. The Morgan fingerprint density at radius 2 is 1.89 bits per heavy atom. The average molecular weight is 290 g/mol. The second-order valence-corrected chi connectivity index (χ2v) is 8.93. The third-order valence-electron chi connectivity index (χ3n) is 3.81. The van der Waals surface area contributed by atoms with Gasteiger partial charge < -0.3 is 5.32 Å². The number of rotatable bonds is 6. The summed E-state index contributed by atoms with van der Waals surface area (Å²) < 4.78 is 22.7. The minimum atomic E-state index is -2.88. The largest absolute Gasteiger partial charge is 0.311 e. The van der Waals surface area contributed by atoms with Crippen LogP contribution in [0.15, 0.2) is 0 Å². The first kappa shape index (κ1) is 16.9. The van der Waals surface area contributed by atoms with E-state index in [2.05, 4.69) is 37.9 Å². The summed E-state index contributed by atoms with van der Waals surface area (Å²) >= 11 is 0.